The maximum atomic E-state index is 14.2. The largest absolute Gasteiger partial charge is 0.377 e. The molecule has 1 aromatic carbocycles. The Morgan fingerprint density at radius 1 is 1.56 bits per heavy atom. The molecule has 0 saturated carbocycles. The van der Waals surface area contributed by atoms with E-state index in [-0.39, 0.29) is 17.9 Å². The normalized spacial score (nSPS) is 22.0. The van der Waals surface area contributed by atoms with Gasteiger partial charge < -0.3 is 15.4 Å². The van der Waals surface area contributed by atoms with Crippen LogP contribution in [0.4, 0.5) is 10.1 Å². The molecule has 0 bridgehead atoms. The molecule has 3 nitrogen and oxygen atoms in total. The zero-order valence-corrected chi connectivity index (χ0v) is 11.0. The summed E-state index contributed by atoms with van der Waals surface area (Å²) in [6, 6.07) is 5.19. The molecule has 1 heterocycles. The van der Waals surface area contributed by atoms with Crippen molar-refractivity contribution in [2.24, 2.45) is 5.73 Å². The molecule has 4 heteroatoms. The summed E-state index contributed by atoms with van der Waals surface area (Å²) in [6.07, 6.45) is 0.937. The number of benzene rings is 1. The number of nitrogens with zero attached hydrogens (tertiary/aromatic N) is 1. The Kier molecular flexibility index (Phi) is 4.19. The van der Waals surface area contributed by atoms with E-state index in [0.29, 0.717) is 18.9 Å². The summed E-state index contributed by atoms with van der Waals surface area (Å²) in [7, 11) is 0. The number of nitrogens with two attached hydrogens (primary N) is 1. The van der Waals surface area contributed by atoms with Crippen LogP contribution in [0.3, 0.4) is 0 Å². The molecule has 0 radical (unpaired) electrons. The Morgan fingerprint density at radius 3 is 3.00 bits per heavy atom. The monoisotopic (exact) mass is 252 g/mol. The van der Waals surface area contributed by atoms with E-state index >= 15 is 0 Å². The Morgan fingerprint density at radius 2 is 2.33 bits per heavy atom. The van der Waals surface area contributed by atoms with Crippen LogP contribution in [-0.4, -0.2) is 25.8 Å². The zero-order chi connectivity index (χ0) is 13.1. The average Bonchev–Trinajstić information content (AvgIpc) is 2.38. The van der Waals surface area contributed by atoms with Crippen LogP contribution in [0.15, 0.2) is 18.2 Å². The van der Waals surface area contributed by atoms with Crippen molar-refractivity contribution in [2.75, 3.05) is 24.7 Å². The highest BCUT2D eigenvalue weighted by molar-refractivity contribution is 5.57. The Labute approximate surface area is 108 Å². The van der Waals surface area contributed by atoms with Crippen LogP contribution in [0.2, 0.25) is 0 Å². The van der Waals surface area contributed by atoms with Gasteiger partial charge in [-0.1, -0.05) is 19.1 Å². The summed E-state index contributed by atoms with van der Waals surface area (Å²) in [6.45, 7) is 6.00. The molecule has 0 spiro atoms. The van der Waals surface area contributed by atoms with Crippen molar-refractivity contribution in [1.82, 2.24) is 0 Å². The predicted octanol–water partition coefficient (Wildman–Crippen LogP) is 2.46. The van der Waals surface area contributed by atoms with E-state index in [2.05, 4.69) is 11.8 Å². The molecule has 1 aliphatic heterocycles. The van der Waals surface area contributed by atoms with Gasteiger partial charge >= 0.3 is 0 Å². The second-order valence-corrected chi connectivity index (χ2v) is 4.80. The van der Waals surface area contributed by atoms with E-state index in [4.69, 9.17) is 10.5 Å². The molecule has 2 rings (SSSR count). The number of para-hydroxylation sites is 1. The van der Waals surface area contributed by atoms with Gasteiger partial charge in [0, 0.05) is 12.6 Å². The van der Waals surface area contributed by atoms with E-state index < -0.39 is 0 Å². The lowest BCUT2D eigenvalue weighted by molar-refractivity contribution is 0.0925. The lowest BCUT2D eigenvalue weighted by Gasteiger charge is -2.38. The molecule has 2 N–H and O–H groups in total. The van der Waals surface area contributed by atoms with Crippen LogP contribution < -0.4 is 10.6 Å². The average molecular weight is 252 g/mol. The fourth-order valence-electron chi connectivity index (χ4n) is 2.49. The molecule has 0 aromatic heterocycles. The van der Waals surface area contributed by atoms with Gasteiger partial charge in [0.1, 0.15) is 5.82 Å². The lowest BCUT2D eigenvalue weighted by Crippen LogP contribution is -2.46. The minimum absolute atomic E-state index is 0.170. The third-order valence-electron chi connectivity index (χ3n) is 3.49. The third kappa shape index (κ3) is 2.49. The van der Waals surface area contributed by atoms with E-state index in [1.807, 2.05) is 13.0 Å². The van der Waals surface area contributed by atoms with Gasteiger partial charge in [-0.3, -0.25) is 0 Å². The smallest absolute Gasteiger partial charge is 0.146 e. The van der Waals surface area contributed by atoms with E-state index in [1.54, 1.807) is 6.07 Å². The number of hydrogen-bond donors (Lipinski definition) is 1. The summed E-state index contributed by atoms with van der Waals surface area (Å²) >= 11 is 0. The zero-order valence-electron chi connectivity index (χ0n) is 11.0. The molecule has 18 heavy (non-hydrogen) atoms. The maximum Gasteiger partial charge on any atom is 0.146 e. The summed E-state index contributed by atoms with van der Waals surface area (Å²) in [5.74, 6) is -0.190. The van der Waals surface area contributed by atoms with Gasteiger partial charge in [0.15, 0.2) is 0 Å². The standard InChI is InChI=1S/C14H21FN2O/c1-3-11-9-18-8-7-17(11)14-12(10(2)16)5-4-6-13(14)15/h4-6,10-11H,3,7-9,16H2,1-2H3. The SMILES string of the molecule is CCC1COCCN1c1c(F)cccc1C(C)N. The molecule has 0 aliphatic carbocycles. The van der Waals surface area contributed by atoms with Crippen LogP contribution in [-0.2, 0) is 4.74 Å². The molecule has 100 valence electrons. The number of ether oxygens (including phenoxy) is 1. The first-order valence-corrected chi connectivity index (χ1v) is 6.53. The lowest BCUT2D eigenvalue weighted by atomic mass is 10.0. The number of anilines is 1. The molecular formula is C14H21FN2O. The summed E-state index contributed by atoms with van der Waals surface area (Å²) in [5, 5.41) is 0. The number of morpholine rings is 1. The van der Waals surface area contributed by atoms with Crippen LogP contribution in [0.5, 0.6) is 0 Å². The minimum atomic E-state index is -0.190. The minimum Gasteiger partial charge on any atom is -0.377 e. The molecule has 2 atom stereocenters. The molecule has 2 unspecified atom stereocenters. The third-order valence-corrected chi connectivity index (χ3v) is 3.49. The Balaban J connectivity index is 2.41. The molecule has 0 amide bonds. The van der Waals surface area contributed by atoms with Crippen molar-refractivity contribution < 1.29 is 9.13 Å². The highest BCUT2D eigenvalue weighted by Gasteiger charge is 2.26. The first-order valence-electron chi connectivity index (χ1n) is 6.53. The second-order valence-electron chi connectivity index (χ2n) is 4.80. The molecule has 1 aliphatic rings. The topological polar surface area (TPSA) is 38.5 Å². The number of rotatable bonds is 3. The summed E-state index contributed by atoms with van der Waals surface area (Å²) in [5.41, 5.74) is 7.48. The van der Waals surface area contributed by atoms with Crippen molar-refractivity contribution in [3.63, 3.8) is 0 Å². The van der Waals surface area contributed by atoms with Crippen LogP contribution >= 0.6 is 0 Å². The number of halogens is 1. The maximum absolute atomic E-state index is 14.2. The van der Waals surface area contributed by atoms with Gasteiger partial charge in [0.25, 0.3) is 0 Å². The first-order chi connectivity index (χ1) is 8.65. The van der Waals surface area contributed by atoms with Crippen LogP contribution in [0.1, 0.15) is 31.9 Å². The van der Waals surface area contributed by atoms with Gasteiger partial charge in [-0.25, -0.2) is 4.39 Å². The summed E-state index contributed by atoms with van der Waals surface area (Å²) in [4.78, 5) is 2.11. The quantitative estimate of drug-likeness (QED) is 0.898. The van der Waals surface area contributed by atoms with Gasteiger partial charge in [0.05, 0.1) is 24.9 Å². The van der Waals surface area contributed by atoms with Gasteiger partial charge in [-0.15, -0.1) is 0 Å². The van der Waals surface area contributed by atoms with Crippen molar-refractivity contribution >= 4 is 5.69 Å². The molecule has 1 saturated heterocycles. The van der Waals surface area contributed by atoms with Gasteiger partial charge in [-0.2, -0.15) is 0 Å². The number of hydrogen-bond acceptors (Lipinski definition) is 3. The highest BCUT2D eigenvalue weighted by atomic mass is 19.1. The molecule has 1 aromatic rings. The van der Waals surface area contributed by atoms with E-state index in [9.17, 15) is 4.39 Å². The molecular weight excluding hydrogens is 231 g/mol. The Bertz CT molecular complexity index is 409. The highest BCUT2D eigenvalue weighted by Crippen LogP contribution is 2.31. The first kappa shape index (κ1) is 13.3. The Hall–Kier alpha value is -1.13. The van der Waals surface area contributed by atoms with E-state index in [0.717, 1.165) is 18.5 Å². The fraction of sp³-hybridized carbons (Fsp3) is 0.571. The predicted molar refractivity (Wildman–Crippen MR) is 71.2 cm³/mol. The summed E-state index contributed by atoms with van der Waals surface area (Å²) < 4.78 is 19.6. The van der Waals surface area contributed by atoms with Gasteiger partial charge in [0.2, 0.25) is 0 Å². The van der Waals surface area contributed by atoms with E-state index in [1.165, 1.54) is 6.07 Å². The van der Waals surface area contributed by atoms with Gasteiger partial charge in [-0.05, 0) is 25.0 Å². The van der Waals surface area contributed by atoms with Crippen LogP contribution in [0, 0.1) is 5.82 Å². The van der Waals surface area contributed by atoms with Crippen LogP contribution in [0.25, 0.3) is 0 Å². The van der Waals surface area contributed by atoms with Crippen molar-refractivity contribution in [3.05, 3.63) is 29.6 Å². The van der Waals surface area contributed by atoms with Crippen molar-refractivity contribution in [1.29, 1.82) is 0 Å². The van der Waals surface area contributed by atoms with Crippen molar-refractivity contribution in [3.8, 4) is 0 Å². The fourth-order valence-corrected chi connectivity index (χ4v) is 2.49. The van der Waals surface area contributed by atoms with Crippen molar-refractivity contribution in [2.45, 2.75) is 32.4 Å². The molecule has 1 fully saturated rings. The second kappa shape index (κ2) is 5.67.